The highest BCUT2D eigenvalue weighted by Gasteiger charge is 2.13. The number of carbonyl (C=O) groups is 1. The predicted molar refractivity (Wildman–Crippen MR) is 101 cm³/mol. The van der Waals surface area contributed by atoms with E-state index in [0.717, 1.165) is 29.3 Å². The number of rotatable bonds is 5. The molecule has 0 heterocycles. The molecule has 9 heteroatoms. The van der Waals surface area contributed by atoms with Gasteiger partial charge < -0.3 is 15.2 Å². The zero-order valence-electron chi connectivity index (χ0n) is 14.1. The Morgan fingerprint density at radius 3 is 2.69 bits per heavy atom. The maximum Gasteiger partial charge on any atom is 0.271 e. The summed E-state index contributed by atoms with van der Waals surface area (Å²) in [7, 11) is 0. The summed E-state index contributed by atoms with van der Waals surface area (Å²) in [6.07, 6.45) is 0. The van der Waals surface area contributed by atoms with Gasteiger partial charge in [-0.05, 0) is 49.3 Å². The Kier molecular flexibility index (Phi) is 6.07. The van der Waals surface area contributed by atoms with E-state index in [4.69, 9.17) is 17.0 Å². The zero-order chi connectivity index (χ0) is 19.3. The van der Waals surface area contributed by atoms with Gasteiger partial charge in [-0.2, -0.15) is 0 Å². The van der Waals surface area contributed by atoms with E-state index in [-0.39, 0.29) is 28.8 Å². The van der Waals surface area contributed by atoms with Crippen LogP contribution in [0.25, 0.3) is 0 Å². The Bertz CT molecular complexity index is 869. The summed E-state index contributed by atoms with van der Waals surface area (Å²) in [6, 6.07) is 9.07. The van der Waals surface area contributed by atoms with Crippen molar-refractivity contribution in [3.8, 4) is 11.5 Å². The second-order valence-electron chi connectivity index (χ2n) is 5.52. The van der Waals surface area contributed by atoms with Crippen molar-refractivity contribution in [2.45, 2.75) is 13.8 Å². The molecule has 26 heavy (non-hydrogen) atoms. The fourth-order valence-electron chi connectivity index (χ4n) is 2.06. The lowest BCUT2D eigenvalue weighted by Gasteiger charge is -2.12. The van der Waals surface area contributed by atoms with Gasteiger partial charge in [-0.25, -0.2) is 0 Å². The topological polar surface area (TPSA) is 114 Å². The minimum absolute atomic E-state index is 0.0138. The number of carbonyl (C=O) groups excluding carboxylic acids is 1. The van der Waals surface area contributed by atoms with E-state index in [2.05, 4.69) is 10.6 Å². The lowest BCUT2D eigenvalue weighted by Crippen LogP contribution is -2.37. The number of phenols is 1. The highest BCUT2D eigenvalue weighted by Crippen LogP contribution is 2.27. The molecule has 0 aliphatic carbocycles. The van der Waals surface area contributed by atoms with Gasteiger partial charge in [-0.1, -0.05) is 12.1 Å². The number of nitrogens with one attached hydrogen (secondary N) is 2. The van der Waals surface area contributed by atoms with Crippen LogP contribution < -0.4 is 15.4 Å². The Morgan fingerprint density at radius 2 is 2.00 bits per heavy atom. The molecule has 0 fully saturated rings. The molecular weight excluding hydrogens is 358 g/mol. The monoisotopic (exact) mass is 375 g/mol. The maximum absolute atomic E-state index is 11.9. The van der Waals surface area contributed by atoms with E-state index >= 15 is 0 Å². The SMILES string of the molecule is Cc1ccc(C)c(OCC(=O)NC(=S)Nc2cc([N+](=O)[O-])ccc2O)c1. The van der Waals surface area contributed by atoms with Crippen molar-refractivity contribution in [3.05, 3.63) is 57.6 Å². The molecule has 0 saturated heterocycles. The molecule has 0 radical (unpaired) electrons. The van der Waals surface area contributed by atoms with E-state index in [9.17, 15) is 20.0 Å². The Balaban J connectivity index is 1.93. The van der Waals surface area contributed by atoms with Gasteiger partial charge in [-0.3, -0.25) is 20.2 Å². The first-order valence-corrected chi connectivity index (χ1v) is 7.95. The summed E-state index contributed by atoms with van der Waals surface area (Å²) in [5.74, 6) is -0.150. The quantitative estimate of drug-likeness (QED) is 0.319. The first-order chi connectivity index (χ1) is 12.3. The van der Waals surface area contributed by atoms with Crippen LogP contribution in [0.1, 0.15) is 11.1 Å². The van der Waals surface area contributed by atoms with Gasteiger partial charge in [-0.15, -0.1) is 0 Å². The van der Waals surface area contributed by atoms with Crippen LogP contribution in [-0.2, 0) is 4.79 Å². The van der Waals surface area contributed by atoms with E-state index in [1.54, 1.807) is 0 Å². The van der Waals surface area contributed by atoms with Gasteiger partial charge >= 0.3 is 0 Å². The van der Waals surface area contributed by atoms with E-state index in [0.29, 0.717) is 5.75 Å². The van der Waals surface area contributed by atoms with Gasteiger partial charge in [0, 0.05) is 12.1 Å². The number of non-ortho nitro benzene ring substituents is 1. The minimum Gasteiger partial charge on any atom is -0.506 e. The van der Waals surface area contributed by atoms with Crippen LogP contribution in [0.2, 0.25) is 0 Å². The molecule has 0 unspecified atom stereocenters. The van der Waals surface area contributed by atoms with Gasteiger partial charge in [0.25, 0.3) is 11.6 Å². The predicted octanol–water partition coefficient (Wildman–Crippen LogP) is 2.81. The lowest BCUT2D eigenvalue weighted by atomic mass is 10.1. The van der Waals surface area contributed by atoms with Gasteiger partial charge in [0.1, 0.15) is 11.5 Å². The number of phenolic OH excluding ortho intramolecular Hbond substituents is 1. The number of nitrogens with zero attached hydrogens (tertiary/aromatic N) is 1. The molecule has 3 N–H and O–H groups in total. The summed E-state index contributed by atoms with van der Waals surface area (Å²) in [5, 5.41) is 25.3. The molecule has 0 aliphatic rings. The first kappa shape index (κ1) is 19.1. The number of hydrogen-bond acceptors (Lipinski definition) is 6. The molecule has 0 bridgehead atoms. The molecule has 1 amide bonds. The lowest BCUT2D eigenvalue weighted by molar-refractivity contribution is -0.384. The number of aromatic hydroxyl groups is 1. The van der Waals surface area contributed by atoms with Crippen molar-refractivity contribution in [2.75, 3.05) is 11.9 Å². The van der Waals surface area contributed by atoms with Crippen LogP contribution in [0.5, 0.6) is 11.5 Å². The average molecular weight is 375 g/mol. The molecule has 8 nitrogen and oxygen atoms in total. The fraction of sp³-hybridized carbons (Fsp3) is 0.176. The highest BCUT2D eigenvalue weighted by atomic mass is 32.1. The number of ether oxygens (including phenoxy) is 1. The normalized spacial score (nSPS) is 10.1. The van der Waals surface area contributed by atoms with Crippen LogP contribution in [0, 0.1) is 24.0 Å². The number of thiocarbonyl (C=S) groups is 1. The maximum atomic E-state index is 11.9. The van der Waals surface area contributed by atoms with Crippen molar-refractivity contribution in [1.82, 2.24) is 5.32 Å². The summed E-state index contributed by atoms with van der Waals surface area (Å²) in [4.78, 5) is 22.1. The first-order valence-electron chi connectivity index (χ1n) is 7.54. The highest BCUT2D eigenvalue weighted by molar-refractivity contribution is 7.80. The molecule has 136 valence electrons. The van der Waals surface area contributed by atoms with Crippen LogP contribution in [-0.4, -0.2) is 27.7 Å². The van der Waals surface area contributed by atoms with Crippen LogP contribution in [0.15, 0.2) is 36.4 Å². The molecule has 0 atom stereocenters. The third-order valence-corrected chi connectivity index (χ3v) is 3.60. The van der Waals surface area contributed by atoms with Crippen molar-refractivity contribution < 1.29 is 19.6 Å². The van der Waals surface area contributed by atoms with Gasteiger partial charge in [0.15, 0.2) is 11.7 Å². The number of amides is 1. The standard InChI is InChI=1S/C17H17N3O5S/c1-10-3-4-11(2)15(7-10)25-9-16(22)19-17(26)18-13-8-12(20(23)24)5-6-14(13)21/h3-8,21H,9H2,1-2H3,(H2,18,19,22,26). The van der Waals surface area contributed by atoms with Crippen molar-refractivity contribution in [1.29, 1.82) is 0 Å². The average Bonchev–Trinajstić information content (AvgIpc) is 2.57. The third-order valence-electron chi connectivity index (χ3n) is 3.39. The van der Waals surface area contributed by atoms with Crippen molar-refractivity contribution in [3.63, 3.8) is 0 Å². The molecule has 2 aromatic carbocycles. The molecule has 0 aromatic heterocycles. The molecule has 2 rings (SSSR count). The Labute approximate surface area is 154 Å². The number of nitro groups is 1. The fourth-order valence-corrected chi connectivity index (χ4v) is 2.28. The van der Waals surface area contributed by atoms with E-state index < -0.39 is 10.8 Å². The summed E-state index contributed by atoms with van der Waals surface area (Å²) in [5.41, 5.74) is 1.69. The smallest absolute Gasteiger partial charge is 0.271 e. The molecule has 0 aliphatic heterocycles. The summed E-state index contributed by atoms with van der Waals surface area (Å²) < 4.78 is 5.47. The molecule has 0 saturated carbocycles. The van der Waals surface area contributed by atoms with Crippen molar-refractivity contribution >= 4 is 34.6 Å². The molecule has 2 aromatic rings. The van der Waals surface area contributed by atoms with Crippen LogP contribution in [0.3, 0.4) is 0 Å². The van der Waals surface area contributed by atoms with Gasteiger partial charge in [0.05, 0.1) is 10.6 Å². The number of aryl methyl sites for hydroxylation is 2. The van der Waals surface area contributed by atoms with Gasteiger partial charge in [0.2, 0.25) is 0 Å². The van der Waals surface area contributed by atoms with E-state index in [1.807, 2.05) is 32.0 Å². The van der Waals surface area contributed by atoms with Crippen LogP contribution in [0.4, 0.5) is 11.4 Å². The largest absolute Gasteiger partial charge is 0.506 e. The second-order valence-corrected chi connectivity index (χ2v) is 5.93. The van der Waals surface area contributed by atoms with E-state index in [1.165, 1.54) is 0 Å². The zero-order valence-corrected chi connectivity index (χ0v) is 14.9. The number of benzene rings is 2. The van der Waals surface area contributed by atoms with Crippen LogP contribution >= 0.6 is 12.2 Å². The van der Waals surface area contributed by atoms with Crippen molar-refractivity contribution in [2.24, 2.45) is 0 Å². The Morgan fingerprint density at radius 1 is 1.27 bits per heavy atom. The summed E-state index contributed by atoms with van der Waals surface area (Å²) >= 11 is 4.98. The number of hydrogen-bond donors (Lipinski definition) is 3. The number of anilines is 1. The minimum atomic E-state index is -0.607. The third kappa shape index (κ3) is 5.15. The number of nitro benzene ring substituents is 1. The molecule has 0 spiro atoms. The second kappa shape index (κ2) is 8.26. The Hall–Kier alpha value is -3.20. The summed E-state index contributed by atoms with van der Waals surface area (Å²) in [6.45, 7) is 3.52. The molecular formula is C17H17N3O5S.